The second-order valence-electron chi connectivity index (χ2n) is 3.11. The lowest BCUT2D eigenvalue weighted by Crippen LogP contribution is -2.06. The zero-order valence-corrected chi connectivity index (χ0v) is 10.5. The molecule has 0 aliphatic rings. The molecule has 2 heterocycles. The van der Waals surface area contributed by atoms with Crippen LogP contribution in [0.25, 0.3) is 0 Å². The molecule has 1 atom stereocenters. The molecule has 78 valence electrons. The van der Waals surface area contributed by atoms with Crippen LogP contribution in [0.2, 0.25) is 0 Å². The SMILES string of the molecule is CC(Nc1ccc(Br)nc1)c1nccs1. The molecule has 0 radical (unpaired) electrons. The minimum Gasteiger partial charge on any atom is -0.375 e. The van der Waals surface area contributed by atoms with Crippen molar-refractivity contribution in [1.82, 2.24) is 9.97 Å². The molecule has 0 fully saturated rings. The summed E-state index contributed by atoms with van der Waals surface area (Å²) >= 11 is 4.95. The average Bonchev–Trinajstić information content (AvgIpc) is 2.74. The molecular weight excluding hydrogens is 274 g/mol. The molecule has 0 saturated carbocycles. The van der Waals surface area contributed by atoms with Gasteiger partial charge in [0, 0.05) is 11.6 Å². The van der Waals surface area contributed by atoms with Gasteiger partial charge >= 0.3 is 0 Å². The predicted octanol–water partition coefficient (Wildman–Crippen LogP) is 3.47. The summed E-state index contributed by atoms with van der Waals surface area (Å²) < 4.78 is 0.843. The highest BCUT2D eigenvalue weighted by Crippen LogP contribution is 2.20. The molecule has 0 aliphatic heterocycles. The second-order valence-corrected chi connectivity index (χ2v) is 4.84. The molecule has 0 aliphatic carbocycles. The van der Waals surface area contributed by atoms with Crippen LogP contribution >= 0.6 is 27.3 Å². The standard InChI is InChI=1S/C10H10BrN3S/c1-7(10-12-4-5-15-10)14-8-2-3-9(11)13-6-8/h2-7,14H,1H3. The second kappa shape index (κ2) is 4.72. The molecule has 2 aromatic heterocycles. The number of thiazole rings is 1. The first-order valence-electron chi connectivity index (χ1n) is 4.53. The summed E-state index contributed by atoms with van der Waals surface area (Å²) in [6.45, 7) is 2.08. The Hall–Kier alpha value is -0.940. The van der Waals surface area contributed by atoms with Crippen LogP contribution in [-0.4, -0.2) is 9.97 Å². The Labute approximate surface area is 101 Å². The van der Waals surface area contributed by atoms with Crippen molar-refractivity contribution in [3.05, 3.63) is 39.5 Å². The van der Waals surface area contributed by atoms with E-state index in [-0.39, 0.29) is 6.04 Å². The minimum absolute atomic E-state index is 0.216. The Kier molecular flexibility index (Phi) is 3.33. The highest BCUT2D eigenvalue weighted by atomic mass is 79.9. The summed E-state index contributed by atoms with van der Waals surface area (Å²) in [7, 11) is 0. The van der Waals surface area contributed by atoms with E-state index < -0.39 is 0 Å². The first-order chi connectivity index (χ1) is 7.25. The van der Waals surface area contributed by atoms with Crippen molar-refractivity contribution < 1.29 is 0 Å². The van der Waals surface area contributed by atoms with Gasteiger partial charge in [0.1, 0.15) is 9.61 Å². The predicted molar refractivity (Wildman–Crippen MR) is 66.1 cm³/mol. The van der Waals surface area contributed by atoms with Gasteiger partial charge in [0.15, 0.2) is 0 Å². The molecule has 2 rings (SSSR count). The van der Waals surface area contributed by atoms with Gasteiger partial charge < -0.3 is 5.32 Å². The molecule has 2 aromatic rings. The Morgan fingerprint density at radius 3 is 2.87 bits per heavy atom. The van der Waals surface area contributed by atoms with Crippen molar-refractivity contribution in [3.8, 4) is 0 Å². The van der Waals surface area contributed by atoms with Crippen LogP contribution < -0.4 is 5.32 Å². The first-order valence-corrected chi connectivity index (χ1v) is 6.20. The number of aromatic nitrogens is 2. The van der Waals surface area contributed by atoms with Crippen LogP contribution in [0.5, 0.6) is 0 Å². The Bertz CT molecular complexity index is 413. The zero-order valence-electron chi connectivity index (χ0n) is 8.14. The molecule has 5 heteroatoms. The van der Waals surface area contributed by atoms with Crippen molar-refractivity contribution in [1.29, 1.82) is 0 Å². The van der Waals surface area contributed by atoms with E-state index >= 15 is 0 Å². The van der Waals surface area contributed by atoms with Gasteiger partial charge in [-0.05, 0) is 35.0 Å². The number of rotatable bonds is 3. The van der Waals surface area contributed by atoms with Crippen LogP contribution in [0.1, 0.15) is 18.0 Å². The van der Waals surface area contributed by atoms with Gasteiger partial charge in [-0.15, -0.1) is 11.3 Å². The van der Waals surface area contributed by atoms with Gasteiger partial charge in [-0.1, -0.05) is 0 Å². The highest BCUT2D eigenvalue weighted by molar-refractivity contribution is 9.10. The minimum atomic E-state index is 0.216. The van der Waals surface area contributed by atoms with Gasteiger partial charge in [-0.3, -0.25) is 0 Å². The molecule has 1 N–H and O–H groups in total. The van der Waals surface area contributed by atoms with E-state index in [0.29, 0.717) is 0 Å². The van der Waals surface area contributed by atoms with Crippen molar-refractivity contribution in [3.63, 3.8) is 0 Å². The molecule has 0 saturated heterocycles. The van der Waals surface area contributed by atoms with E-state index in [2.05, 4.69) is 38.1 Å². The van der Waals surface area contributed by atoms with Crippen LogP contribution in [0.4, 0.5) is 5.69 Å². The summed E-state index contributed by atoms with van der Waals surface area (Å²) in [6.07, 6.45) is 3.62. The summed E-state index contributed by atoms with van der Waals surface area (Å²) in [6, 6.07) is 4.12. The molecule has 0 bridgehead atoms. The summed E-state index contributed by atoms with van der Waals surface area (Å²) in [5.74, 6) is 0. The lowest BCUT2D eigenvalue weighted by Gasteiger charge is -2.11. The van der Waals surface area contributed by atoms with Gasteiger partial charge in [0.2, 0.25) is 0 Å². The van der Waals surface area contributed by atoms with Crippen LogP contribution in [0.15, 0.2) is 34.5 Å². The zero-order chi connectivity index (χ0) is 10.7. The molecule has 3 nitrogen and oxygen atoms in total. The fourth-order valence-electron chi connectivity index (χ4n) is 1.22. The maximum Gasteiger partial charge on any atom is 0.115 e. The first kappa shape index (κ1) is 10.6. The molecule has 0 spiro atoms. The maximum atomic E-state index is 4.26. The van der Waals surface area contributed by atoms with Crippen molar-refractivity contribution in [2.45, 2.75) is 13.0 Å². The molecular formula is C10H10BrN3S. The Balaban J connectivity index is 2.06. The molecule has 15 heavy (non-hydrogen) atoms. The van der Waals surface area contributed by atoms with E-state index in [4.69, 9.17) is 0 Å². The summed E-state index contributed by atoms with van der Waals surface area (Å²) in [4.78, 5) is 8.41. The van der Waals surface area contributed by atoms with Crippen molar-refractivity contribution in [2.24, 2.45) is 0 Å². The number of nitrogens with one attached hydrogen (secondary N) is 1. The van der Waals surface area contributed by atoms with Gasteiger partial charge in [0.25, 0.3) is 0 Å². The maximum absolute atomic E-state index is 4.26. The Morgan fingerprint density at radius 2 is 2.27 bits per heavy atom. The van der Waals surface area contributed by atoms with E-state index in [1.807, 2.05) is 23.7 Å². The third-order valence-electron chi connectivity index (χ3n) is 1.93. The summed E-state index contributed by atoms with van der Waals surface area (Å²) in [5, 5.41) is 6.40. The lowest BCUT2D eigenvalue weighted by atomic mass is 10.3. The number of hydrogen-bond acceptors (Lipinski definition) is 4. The number of pyridine rings is 1. The number of hydrogen-bond donors (Lipinski definition) is 1. The number of anilines is 1. The third-order valence-corrected chi connectivity index (χ3v) is 3.36. The monoisotopic (exact) mass is 283 g/mol. The number of nitrogens with zero attached hydrogens (tertiary/aromatic N) is 2. The third kappa shape index (κ3) is 2.76. The van der Waals surface area contributed by atoms with E-state index in [1.165, 1.54) is 0 Å². The quantitative estimate of drug-likeness (QED) is 0.877. The molecule has 0 amide bonds. The van der Waals surface area contributed by atoms with E-state index in [1.54, 1.807) is 17.5 Å². The fraction of sp³-hybridized carbons (Fsp3) is 0.200. The topological polar surface area (TPSA) is 37.8 Å². The van der Waals surface area contributed by atoms with Crippen molar-refractivity contribution >= 4 is 33.0 Å². The van der Waals surface area contributed by atoms with Crippen LogP contribution in [0, 0.1) is 0 Å². The summed E-state index contributed by atoms with van der Waals surface area (Å²) in [5.41, 5.74) is 1.00. The average molecular weight is 284 g/mol. The molecule has 0 aromatic carbocycles. The van der Waals surface area contributed by atoms with Gasteiger partial charge in [-0.2, -0.15) is 0 Å². The van der Waals surface area contributed by atoms with Crippen molar-refractivity contribution in [2.75, 3.05) is 5.32 Å². The fourth-order valence-corrected chi connectivity index (χ4v) is 2.10. The largest absolute Gasteiger partial charge is 0.375 e. The lowest BCUT2D eigenvalue weighted by molar-refractivity contribution is 0.868. The smallest absolute Gasteiger partial charge is 0.115 e. The van der Waals surface area contributed by atoms with E-state index in [0.717, 1.165) is 15.3 Å². The number of halogens is 1. The van der Waals surface area contributed by atoms with Gasteiger partial charge in [-0.25, -0.2) is 9.97 Å². The normalized spacial score (nSPS) is 12.4. The Morgan fingerprint density at radius 1 is 1.40 bits per heavy atom. The van der Waals surface area contributed by atoms with Crippen LogP contribution in [-0.2, 0) is 0 Å². The van der Waals surface area contributed by atoms with Crippen LogP contribution in [0.3, 0.4) is 0 Å². The van der Waals surface area contributed by atoms with Gasteiger partial charge in [0.05, 0.1) is 17.9 Å². The highest BCUT2D eigenvalue weighted by Gasteiger charge is 2.07. The molecule has 1 unspecified atom stereocenters. The van der Waals surface area contributed by atoms with E-state index in [9.17, 15) is 0 Å².